The van der Waals surface area contributed by atoms with Gasteiger partial charge in [0.2, 0.25) is 0 Å². The molecule has 6 N–H and O–H groups in total. The lowest BCUT2D eigenvalue weighted by Crippen LogP contribution is -2.51. The van der Waals surface area contributed by atoms with Gasteiger partial charge in [-0.1, -0.05) is 167 Å². The molecule has 30 nitrogen and oxygen atoms in total. The number of fused-ring (bicyclic) bond motifs is 1. The SMILES string of the molecule is CC(=C\c1ccccc1)/C=C1/NC(=S)NC1=O.CC(C)(C)c1ccc(O)c(N=C/C=C/c2cccc([N+](=O)[O-])c2)c1.Cc1cc(OC(=O)Cn2c(=O)sc3ccccc32)ccc1Cl.O=C(C(Cl)Cl)N1CCN(c2ccc([N+](=O)[O-])cc2)CC1.O=C1C=CC(=O)N1c1ccc(Cl)cc1.O=C1NC(=O)C(=Cc2ccco2)C(=O)N1.Oc1c(Br)cc(Br)cc1C=Nc1ccc(Br)cn1. The molecule has 668 valence electrons. The molecule has 3 saturated heterocycles. The lowest BCUT2D eigenvalue weighted by molar-refractivity contribution is -0.385. The third kappa shape index (κ3) is 30.8. The van der Waals surface area contributed by atoms with Crippen molar-refractivity contribution in [3.63, 3.8) is 0 Å². The largest absolute Gasteiger partial charge is 0.506 e. The lowest BCUT2D eigenvalue weighted by atomic mass is 9.87. The number of anilines is 2. The zero-order valence-electron chi connectivity index (χ0n) is 69.0. The highest BCUT2D eigenvalue weighted by molar-refractivity contribution is 9.11. The maximum absolute atomic E-state index is 12.1. The molecule has 4 aliphatic rings. The number of nitro benzene ring substituents is 2. The molecule has 15 rings (SSSR count). The first-order chi connectivity index (χ1) is 61.9. The number of rotatable bonds is 16. The van der Waals surface area contributed by atoms with E-state index in [2.05, 4.69) is 99.1 Å². The summed E-state index contributed by atoms with van der Waals surface area (Å²) in [6, 6.07) is 56.5. The number of imide groups is 3. The van der Waals surface area contributed by atoms with E-state index in [0.717, 1.165) is 63.3 Å². The minimum absolute atomic E-state index is 0.0310. The highest BCUT2D eigenvalue weighted by Gasteiger charge is 2.30. The molecule has 3 aromatic heterocycles. The molecule has 130 heavy (non-hydrogen) atoms. The van der Waals surface area contributed by atoms with Crippen LogP contribution in [0.5, 0.6) is 17.2 Å². The van der Waals surface area contributed by atoms with Crippen LogP contribution in [-0.4, -0.2) is 131 Å². The number of aromatic nitrogens is 2. The lowest BCUT2D eigenvalue weighted by Gasteiger charge is -2.36. The highest BCUT2D eigenvalue weighted by Crippen LogP contribution is 2.35. The number of pyridine rings is 1. The number of furan rings is 1. The number of esters is 1. The van der Waals surface area contributed by atoms with Crippen molar-refractivity contribution in [2.75, 3.05) is 36.0 Å². The number of ether oxygens (including phenoxy) is 1. The first-order valence-corrected chi connectivity index (χ1v) is 43.6. The number of carbonyl (C=O) groups is 8. The number of nitrogens with zero attached hydrogens (tertiary/aromatic N) is 9. The van der Waals surface area contributed by atoms with Gasteiger partial charge in [0, 0.05) is 111 Å². The summed E-state index contributed by atoms with van der Waals surface area (Å²) in [6.07, 6.45) is 17.2. The van der Waals surface area contributed by atoms with Crippen molar-refractivity contribution in [3.8, 4) is 17.2 Å². The first-order valence-electron chi connectivity index (χ1n) is 38.4. The van der Waals surface area contributed by atoms with Crippen LogP contribution in [-0.2, 0) is 45.5 Å². The van der Waals surface area contributed by atoms with Gasteiger partial charge in [0.15, 0.2) is 15.8 Å². The molecule has 0 atom stereocenters. The van der Waals surface area contributed by atoms with Gasteiger partial charge in [-0.25, -0.2) is 24.5 Å². The Morgan fingerprint density at radius 1 is 0.700 bits per heavy atom. The standard InChI is InChI=1S/C19H20N2O3.C16H12ClNO3S.C13H12N2OS.C12H7Br3N2O.C12H13Cl2N3O3.C10H6ClNO2.C9H6N2O4/c1-19(2,3)15-9-10-18(22)17(13-15)20-11-5-7-14-6-4-8-16(12-14)21(23)24;1-10-8-11(6-7-12(10)17)21-15(19)9-18-13-4-2-3-5-14(13)22-16(18)20;1-9(7-10-5-3-2-4-6-10)8-11-12(16)15-13(17)14-11;13-8-1-2-11(17-6-8)16-5-7-3-9(14)4-10(15)12(7)18;13-11(14)12(18)16-7-5-15(6-8-16)9-1-3-10(4-2-9)17(19)20;11-7-1-3-8(4-2-7)12-9(13)5-6-10(12)14;12-7-6(4-5-2-1-3-15-5)8(13)11-9(14)10-7/h4-13,22H,1-3H3;2-8H,9H2,1H3;2-8H,1H3,(H2,14,15,16,17);1-6,18H;1-4,11H,5-8H2;1-6H;1-4H,(H2,10,11,12,13,14)/b7-5+,20-11?;;9-7+,11-8+;;;;. The Bertz CT molecular complexity index is 6300. The van der Waals surface area contributed by atoms with Crippen molar-refractivity contribution in [2.45, 2.75) is 51.4 Å². The number of aromatic hydroxyl groups is 2. The Labute approximate surface area is 797 Å². The van der Waals surface area contributed by atoms with Crippen molar-refractivity contribution in [1.29, 1.82) is 0 Å². The van der Waals surface area contributed by atoms with Crippen LogP contribution in [0.2, 0.25) is 10.0 Å². The third-order valence-corrected chi connectivity index (χ3v) is 21.7. The minimum atomic E-state index is -1.03. The van der Waals surface area contributed by atoms with Gasteiger partial charge in [-0.3, -0.25) is 79.3 Å². The number of hydrogen-bond donors (Lipinski definition) is 6. The number of nitrogens with one attached hydrogen (secondary N) is 4. The molecule has 11 aromatic rings. The van der Waals surface area contributed by atoms with Gasteiger partial charge in [0.1, 0.15) is 46.5 Å². The van der Waals surface area contributed by atoms with E-state index >= 15 is 0 Å². The quantitative estimate of drug-likeness (QED) is 0.00500. The Morgan fingerprint density at radius 3 is 1.96 bits per heavy atom. The predicted molar refractivity (Wildman–Crippen MR) is 519 cm³/mol. The topological polar surface area (TPSA) is 403 Å². The van der Waals surface area contributed by atoms with Crippen molar-refractivity contribution < 1.29 is 67.6 Å². The van der Waals surface area contributed by atoms with E-state index in [4.69, 9.17) is 67.8 Å². The number of carbonyl (C=O) groups excluding carboxylic acids is 8. The number of barbiturate groups is 1. The van der Waals surface area contributed by atoms with Crippen LogP contribution >= 0.6 is 118 Å². The number of halogens is 7. The van der Waals surface area contributed by atoms with Crippen LogP contribution in [0.4, 0.5) is 39.0 Å². The summed E-state index contributed by atoms with van der Waals surface area (Å²) in [6.45, 7) is 12.3. The molecule has 8 aromatic carbocycles. The normalized spacial score (nSPS) is 13.9. The van der Waals surface area contributed by atoms with Gasteiger partial charge in [-0.05, 0) is 225 Å². The monoisotopic (exact) mass is 2060 g/mol. The van der Waals surface area contributed by atoms with Crippen LogP contribution in [0.3, 0.4) is 0 Å². The number of phenols is 2. The predicted octanol–water partition coefficient (Wildman–Crippen LogP) is 19.3. The van der Waals surface area contributed by atoms with E-state index in [9.17, 15) is 73.6 Å². The maximum Gasteiger partial charge on any atom is 0.331 e. The number of alkyl halides is 2. The number of nitro groups is 2. The van der Waals surface area contributed by atoms with E-state index in [1.54, 1.807) is 145 Å². The smallest absolute Gasteiger partial charge is 0.331 e. The Morgan fingerprint density at radius 2 is 1.35 bits per heavy atom. The number of thiazole rings is 1. The summed E-state index contributed by atoms with van der Waals surface area (Å²) in [4.78, 5) is 139. The highest BCUT2D eigenvalue weighted by atomic mass is 79.9. The van der Waals surface area contributed by atoms with Crippen LogP contribution in [0.25, 0.3) is 28.4 Å². The Balaban J connectivity index is 0.000000172. The van der Waals surface area contributed by atoms with Crippen molar-refractivity contribution in [3.05, 3.63) is 341 Å². The van der Waals surface area contributed by atoms with Crippen LogP contribution in [0.1, 0.15) is 61.3 Å². The molecular formula is C91H76Br3Cl4N13O17S2. The molecule has 4 aliphatic heterocycles. The number of hydrogen-bond acceptors (Lipinski definition) is 23. The fourth-order valence-corrected chi connectivity index (χ4v) is 14.7. The van der Waals surface area contributed by atoms with Gasteiger partial charge >= 0.3 is 16.9 Å². The van der Waals surface area contributed by atoms with Crippen molar-refractivity contribution in [2.24, 2.45) is 9.98 Å². The number of non-ortho nitro benzene ring substituents is 2. The number of phenolic OH excluding ortho intramolecular Hbond substituents is 2. The summed E-state index contributed by atoms with van der Waals surface area (Å²) in [7, 11) is 0. The molecule has 0 radical (unpaired) electrons. The first kappa shape index (κ1) is 101. The van der Waals surface area contributed by atoms with E-state index in [0.29, 0.717) is 91.3 Å². The number of para-hydroxylation sites is 1. The number of allylic oxidation sites excluding steroid dienone is 3. The molecule has 8 amide bonds. The molecule has 0 bridgehead atoms. The van der Waals surface area contributed by atoms with E-state index in [1.807, 2.05) is 103 Å². The summed E-state index contributed by atoms with van der Waals surface area (Å²) in [5, 5.41) is 51.9. The van der Waals surface area contributed by atoms with Crippen LogP contribution < -0.4 is 40.7 Å². The van der Waals surface area contributed by atoms with E-state index in [-0.39, 0.29) is 68.9 Å². The molecule has 7 heterocycles. The van der Waals surface area contributed by atoms with Crippen molar-refractivity contribution >= 4 is 245 Å². The van der Waals surface area contributed by atoms with Crippen molar-refractivity contribution in [1.82, 2.24) is 35.7 Å². The van der Waals surface area contributed by atoms with Gasteiger partial charge in [0.25, 0.3) is 46.8 Å². The number of aliphatic imine (C=N–C) groups is 2. The molecule has 0 aliphatic carbocycles. The van der Waals surface area contributed by atoms with Gasteiger partial charge in [-0.15, -0.1) is 0 Å². The second kappa shape index (κ2) is 48.3. The average molecular weight is 2070 g/mol. The molecule has 39 heteroatoms. The molecule has 3 fully saturated rings. The van der Waals surface area contributed by atoms with E-state index < -0.39 is 38.5 Å². The molecular weight excluding hydrogens is 1990 g/mol. The third-order valence-electron chi connectivity index (χ3n) is 18.0. The van der Waals surface area contributed by atoms with E-state index in [1.165, 1.54) is 53.3 Å². The molecule has 0 unspecified atom stereocenters. The summed E-state index contributed by atoms with van der Waals surface area (Å²) in [5.41, 5.74) is 8.38. The fraction of sp³-hybridized carbons (Fsp3) is 0.132. The summed E-state index contributed by atoms with van der Waals surface area (Å²) >= 11 is 38.6. The summed E-state index contributed by atoms with van der Waals surface area (Å²) < 4.78 is 14.9. The van der Waals surface area contributed by atoms with Crippen LogP contribution in [0, 0.1) is 27.2 Å². The van der Waals surface area contributed by atoms with Gasteiger partial charge in [-0.2, -0.15) is 0 Å². The fourth-order valence-electron chi connectivity index (χ4n) is 11.6. The Kier molecular flexibility index (Phi) is 37.3. The Hall–Kier alpha value is -13.2. The molecule has 0 spiro atoms. The number of aryl methyl sites for hydroxylation is 1. The number of benzene rings is 8. The van der Waals surface area contributed by atoms with Crippen LogP contribution in [0.15, 0.2) is 286 Å². The zero-order chi connectivity index (χ0) is 94.5. The number of amides is 8. The molecule has 0 saturated carbocycles. The average Bonchev–Trinajstić information content (AvgIpc) is 1.66. The number of thiocarbonyl (C=S) groups is 1. The number of urea groups is 1. The second-order valence-electron chi connectivity index (χ2n) is 28.5. The van der Waals surface area contributed by atoms with Gasteiger partial charge in [0.05, 0.1) is 36.5 Å². The summed E-state index contributed by atoms with van der Waals surface area (Å²) in [5.74, 6) is -1.45. The minimum Gasteiger partial charge on any atom is -0.506 e. The van der Waals surface area contributed by atoms with Gasteiger partial charge < -0.3 is 34.5 Å². The zero-order valence-corrected chi connectivity index (χ0v) is 78.4. The number of piperazine rings is 1. The second-order valence-corrected chi connectivity index (χ2v) is 34.5. The maximum atomic E-state index is 12.1.